The second-order valence-corrected chi connectivity index (χ2v) is 6.42. The van der Waals surface area contributed by atoms with Crippen molar-refractivity contribution in [2.75, 3.05) is 17.7 Å². The summed E-state index contributed by atoms with van der Waals surface area (Å²) in [5, 5.41) is 6.42. The lowest BCUT2D eigenvalue weighted by atomic mass is 10.1. The Morgan fingerprint density at radius 1 is 1.00 bits per heavy atom. The van der Waals surface area contributed by atoms with E-state index >= 15 is 0 Å². The minimum Gasteiger partial charge on any atom is -0.495 e. The molecule has 0 saturated carbocycles. The summed E-state index contributed by atoms with van der Waals surface area (Å²) < 4.78 is 5.13. The summed E-state index contributed by atoms with van der Waals surface area (Å²) >= 11 is 6.13. The van der Waals surface area contributed by atoms with Gasteiger partial charge in [-0.05, 0) is 55.3 Å². The molecule has 0 aliphatic rings. The van der Waals surface area contributed by atoms with Crippen molar-refractivity contribution in [3.8, 4) is 5.75 Å². The van der Waals surface area contributed by atoms with E-state index in [1.807, 2.05) is 38.1 Å². The van der Waals surface area contributed by atoms with E-state index in [0.29, 0.717) is 16.6 Å². The molecule has 0 aliphatic heterocycles. The van der Waals surface area contributed by atoms with Crippen LogP contribution in [0.25, 0.3) is 0 Å². The highest BCUT2D eigenvalue weighted by Gasteiger charge is 2.10. The number of benzene rings is 2. The standard InChI is InChI=1S/C20H19ClN4O2/c1-12-4-5-14(8-13(12)2)25-20(26)17-10-19(23-11-22-17)24-15-6-7-18(27-3)16(21)9-15/h4-11H,1-3H3,(H,25,26)(H,22,23,24). The molecule has 0 unspecified atom stereocenters. The molecular formula is C20H19ClN4O2. The summed E-state index contributed by atoms with van der Waals surface area (Å²) in [5.41, 5.74) is 3.97. The maximum Gasteiger partial charge on any atom is 0.274 e. The van der Waals surface area contributed by atoms with Crippen molar-refractivity contribution < 1.29 is 9.53 Å². The molecule has 1 amide bonds. The molecule has 1 heterocycles. The zero-order chi connectivity index (χ0) is 19.4. The van der Waals surface area contributed by atoms with Crippen LogP contribution in [-0.4, -0.2) is 23.0 Å². The second kappa shape index (κ2) is 8.05. The van der Waals surface area contributed by atoms with Gasteiger partial charge in [-0.15, -0.1) is 0 Å². The maximum atomic E-state index is 12.5. The van der Waals surface area contributed by atoms with Crippen LogP contribution in [0.4, 0.5) is 17.2 Å². The van der Waals surface area contributed by atoms with E-state index in [4.69, 9.17) is 16.3 Å². The molecule has 2 N–H and O–H groups in total. The van der Waals surface area contributed by atoms with Crippen molar-refractivity contribution in [1.29, 1.82) is 0 Å². The third-order valence-corrected chi connectivity index (χ3v) is 4.38. The van der Waals surface area contributed by atoms with Crippen molar-refractivity contribution in [3.05, 3.63) is 70.6 Å². The number of nitrogens with zero attached hydrogens (tertiary/aromatic N) is 2. The smallest absolute Gasteiger partial charge is 0.274 e. The number of halogens is 1. The van der Waals surface area contributed by atoms with Crippen LogP contribution in [0.1, 0.15) is 21.6 Å². The third kappa shape index (κ3) is 4.54. The first-order valence-electron chi connectivity index (χ1n) is 8.27. The number of hydrogen-bond acceptors (Lipinski definition) is 5. The lowest BCUT2D eigenvalue weighted by molar-refractivity contribution is 0.102. The molecule has 0 radical (unpaired) electrons. The molecule has 138 valence electrons. The van der Waals surface area contributed by atoms with Gasteiger partial charge in [0.05, 0.1) is 12.1 Å². The second-order valence-electron chi connectivity index (χ2n) is 6.02. The number of carbonyl (C=O) groups excluding carboxylic acids is 1. The number of methoxy groups -OCH3 is 1. The molecule has 27 heavy (non-hydrogen) atoms. The van der Waals surface area contributed by atoms with Crippen molar-refractivity contribution in [2.24, 2.45) is 0 Å². The molecule has 3 rings (SSSR count). The fraction of sp³-hybridized carbons (Fsp3) is 0.150. The molecule has 0 fully saturated rings. The summed E-state index contributed by atoms with van der Waals surface area (Å²) in [6.07, 6.45) is 1.34. The van der Waals surface area contributed by atoms with Gasteiger partial charge in [0.2, 0.25) is 0 Å². The van der Waals surface area contributed by atoms with Gasteiger partial charge < -0.3 is 15.4 Å². The number of carbonyl (C=O) groups is 1. The molecule has 0 atom stereocenters. The Bertz CT molecular complexity index is 991. The van der Waals surface area contributed by atoms with Crippen LogP contribution >= 0.6 is 11.6 Å². The van der Waals surface area contributed by atoms with Gasteiger partial charge in [-0.3, -0.25) is 4.79 Å². The number of amides is 1. The highest BCUT2D eigenvalue weighted by Crippen LogP contribution is 2.28. The van der Waals surface area contributed by atoms with Gasteiger partial charge in [0.25, 0.3) is 5.91 Å². The van der Waals surface area contributed by atoms with E-state index < -0.39 is 0 Å². The molecule has 0 spiro atoms. The Balaban J connectivity index is 1.75. The highest BCUT2D eigenvalue weighted by molar-refractivity contribution is 6.32. The molecule has 2 aromatic carbocycles. The summed E-state index contributed by atoms with van der Waals surface area (Å²) in [7, 11) is 1.55. The summed E-state index contributed by atoms with van der Waals surface area (Å²) in [6.45, 7) is 4.02. The lowest BCUT2D eigenvalue weighted by Gasteiger charge is -2.10. The number of aryl methyl sites for hydroxylation is 2. The molecule has 0 aliphatic carbocycles. The maximum absolute atomic E-state index is 12.5. The van der Waals surface area contributed by atoms with Crippen LogP contribution in [0.5, 0.6) is 5.75 Å². The van der Waals surface area contributed by atoms with E-state index in [9.17, 15) is 4.79 Å². The minimum absolute atomic E-state index is 0.255. The Kier molecular flexibility index (Phi) is 5.57. The topological polar surface area (TPSA) is 76.1 Å². The Hall–Kier alpha value is -3.12. The number of ether oxygens (including phenoxy) is 1. The van der Waals surface area contributed by atoms with Gasteiger partial charge in [-0.2, -0.15) is 0 Å². The average Bonchev–Trinajstić information content (AvgIpc) is 2.65. The first-order chi connectivity index (χ1) is 13.0. The molecule has 1 aromatic heterocycles. The molecule has 6 nitrogen and oxygen atoms in total. The van der Waals surface area contributed by atoms with Gasteiger partial charge in [0, 0.05) is 17.4 Å². The number of nitrogens with one attached hydrogen (secondary N) is 2. The SMILES string of the molecule is COc1ccc(Nc2cc(C(=O)Nc3ccc(C)c(C)c3)ncn2)cc1Cl. The van der Waals surface area contributed by atoms with E-state index in [2.05, 4.69) is 20.6 Å². The van der Waals surface area contributed by atoms with E-state index in [-0.39, 0.29) is 11.6 Å². The van der Waals surface area contributed by atoms with Crippen LogP contribution < -0.4 is 15.4 Å². The van der Waals surface area contributed by atoms with Gasteiger partial charge in [0.1, 0.15) is 23.6 Å². The van der Waals surface area contributed by atoms with E-state index in [1.165, 1.54) is 11.9 Å². The minimum atomic E-state index is -0.309. The quantitative estimate of drug-likeness (QED) is 0.665. The fourth-order valence-corrected chi connectivity index (χ4v) is 2.71. The molecule has 0 saturated heterocycles. The van der Waals surface area contributed by atoms with Crippen LogP contribution in [0.15, 0.2) is 48.8 Å². The zero-order valence-electron chi connectivity index (χ0n) is 15.2. The fourth-order valence-electron chi connectivity index (χ4n) is 2.46. The predicted octanol–water partition coefficient (Wildman–Crippen LogP) is 4.75. The normalized spacial score (nSPS) is 10.4. The molecular weight excluding hydrogens is 364 g/mol. The van der Waals surface area contributed by atoms with Gasteiger partial charge in [-0.1, -0.05) is 17.7 Å². The highest BCUT2D eigenvalue weighted by atomic mass is 35.5. The monoisotopic (exact) mass is 382 g/mol. The average molecular weight is 383 g/mol. The first kappa shape index (κ1) is 18.7. The van der Waals surface area contributed by atoms with Gasteiger partial charge >= 0.3 is 0 Å². The summed E-state index contributed by atoms with van der Waals surface area (Å²) in [6, 6.07) is 12.6. The summed E-state index contributed by atoms with van der Waals surface area (Å²) in [5.74, 6) is 0.756. The molecule has 3 aromatic rings. The first-order valence-corrected chi connectivity index (χ1v) is 8.65. The van der Waals surface area contributed by atoms with Gasteiger partial charge in [0.15, 0.2) is 0 Å². The van der Waals surface area contributed by atoms with Crippen molar-refractivity contribution in [1.82, 2.24) is 9.97 Å². The van der Waals surface area contributed by atoms with Crippen LogP contribution in [-0.2, 0) is 0 Å². The van der Waals surface area contributed by atoms with Crippen molar-refractivity contribution >= 4 is 34.7 Å². The van der Waals surface area contributed by atoms with Crippen LogP contribution in [0.3, 0.4) is 0 Å². The number of anilines is 3. The van der Waals surface area contributed by atoms with Crippen LogP contribution in [0, 0.1) is 13.8 Å². The molecule has 0 bridgehead atoms. The number of hydrogen-bond donors (Lipinski definition) is 2. The third-order valence-electron chi connectivity index (χ3n) is 4.09. The van der Waals surface area contributed by atoms with E-state index in [0.717, 1.165) is 16.9 Å². The predicted molar refractivity (Wildman–Crippen MR) is 107 cm³/mol. The Morgan fingerprint density at radius 3 is 2.48 bits per heavy atom. The molecule has 7 heteroatoms. The zero-order valence-corrected chi connectivity index (χ0v) is 16.0. The largest absolute Gasteiger partial charge is 0.495 e. The van der Waals surface area contributed by atoms with Crippen molar-refractivity contribution in [2.45, 2.75) is 13.8 Å². The summed E-state index contributed by atoms with van der Waals surface area (Å²) in [4.78, 5) is 20.7. The Morgan fingerprint density at radius 2 is 1.78 bits per heavy atom. The van der Waals surface area contributed by atoms with Crippen molar-refractivity contribution in [3.63, 3.8) is 0 Å². The number of aromatic nitrogens is 2. The van der Waals surface area contributed by atoms with Gasteiger partial charge in [-0.25, -0.2) is 9.97 Å². The van der Waals surface area contributed by atoms with Crippen LogP contribution in [0.2, 0.25) is 5.02 Å². The number of rotatable bonds is 5. The Labute approximate surface area is 162 Å². The van der Waals surface area contributed by atoms with E-state index in [1.54, 1.807) is 25.3 Å². The lowest BCUT2D eigenvalue weighted by Crippen LogP contribution is -2.14.